The molecule has 1 heterocycles. The highest BCUT2D eigenvalue weighted by Gasteiger charge is 2.33. The summed E-state index contributed by atoms with van der Waals surface area (Å²) in [6.07, 6.45) is 4.26. The molecule has 5 heteroatoms. The topological polar surface area (TPSA) is 72.9 Å². The van der Waals surface area contributed by atoms with E-state index in [2.05, 4.69) is 10.3 Å². The molecule has 0 atom stereocenters. The van der Waals surface area contributed by atoms with Gasteiger partial charge in [0.2, 0.25) is 5.91 Å². The van der Waals surface area contributed by atoms with Crippen molar-refractivity contribution >= 4 is 16.9 Å². The third-order valence-corrected chi connectivity index (χ3v) is 4.50. The molecule has 5 nitrogen and oxygen atoms in total. The van der Waals surface area contributed by atoms with Crippen molar-refractivity contribution in [3.05, 3.63) is 30.1 Å². The SMILES string of the molecule is Cc1nc2ccccc2n1CC(=O)NC1(CN)CCCC1. The largest absolute Gasteiger partial charge is 0.348 e. The van der Waals surface area contributed by atoms with Crippen molar-refractivity contribution in [3.63, 3.8) is 0 Å². The van der Waals surface area contributed by atoms with Gasteiger partial charge in [-0.25, -0.2) is 4.98 Å². The molecule has 1 aromatic heterocycles. The molecule has 1 amide bonds. The first-order valence-electron chi connectivity index (χ1n) is 7.56. The highest BCUT2D eigenvalue weighted by Crippen LogP contribution is 2.28. The highest BCUT2D eigenvalue weighted by atomic mass is 16.2. The number of hydrogen-bond donors (Lipinski definition) is 2. The van der Waals surface area contributed by atoms with Gasteiger partial charge < -0.3 is 15.6 Å². The van der Waals surface area contributed by atoms with E-state index in [4.69, 9.17) is 5.73 Å². The van der Waals surface area contributed by atoms with Gasteiger partial charge in [-0.15, -0.1) is 0 Å². The number of rotatable bonds is 4. The smallest absolute Gasteiger partial charge is 0.240 e. The lowest BCUT2D eigenvalue weighted by atomic mass is 9.98. The van der Waals surface area contributed by atoms with Crippen LogP contribution in [0.4, 0.5) is 0 Å². The molecule has 1 fully saturated rings. The maximum atomic E-state index is 12.4. The zero-order valence-electron chi connectivity index (χ0n) is 12.4. The standard InChI is InChI=1S/C16H22N4O/c1-12-18-13-6-2-3-7-14(13)20(12)10-15(21)19-16(11-17)8-4-5-9-16/h2-3,6-7H,4-5,8-11,17H2,1H3,(H,19,21). The Labute approximate surface area is 124 Å². The van der Waals surface area contributed by atoms with E-state index in [-0.39, 0.29) is 11.4 Å². The lowest BCUT2D eigenvalue weighted by Gasteiger charge is -2.28. The van der Waals surface area contributed by atoms with Gasteiger partial charge >= 0.3 is 0 Å². The van der Waals surface area contributed by atoms with Crippen molar-refractivity contribution in [1.82, 2.24) is 14.9 Å². The Morgan fingerprint density at radius 3 is 2.81 bits per heavy atom. The van der Waals surface area contributed by atoms with Crippen molar-refractivity contribution in [3.8, 4) is 0 Å². The lowest BCUT2D eigenvalue weighted by Crippen LogP contribution is -2.52. The Balaban J connectivity index is 1.79. The first kappa shape index (κ1) is 14.1. The predicted octanol–water partition coefficient (Wildman–Crippen LogP) is 1.73. The minimum Gasteiger partial charge on any atom is -0.348 e. The van der Waals surface area contributed by atoms with Gasteiger partial charge in [0.1, 0.15) is 12.4 Å². The lowest BCUT2D eigenvalue weighted by molar-refractivity contribution is -0.123. The number of aryl methyl sites for hydroxylation is 1. The van der Waals surface area contributed by atoms with Gasteiger partial charge in [0, 0.05) is 6.54 Å². The molecule has 0 aliphatic heterocycles. The summed E-state index contributed by atoms with van der Waals surface area (Å²) < 4.78 is 1.96. The summed E-state index contributed by atoms with van der Waals surface area (Å²) in [5.74, 6) is 0.883. The summed E-state index contributed by atoms with van der Waals surface area (Å²) >= 11 is 0. The van der Waals surface area contributed by atoms with Gasteiger partial charge in [-0.2, -0.15) is 0 Å². The Kier molecular flexibility index (Phi) is 3.68. The monoisotopic (exact) mass is 286 g/mol. The second-order valence-corrected chi connectivity index (χ2v) is 5.97. The summed E-state index contributed by atoms with van der Waals surface area (Å²) in [6, 6.07) is 7.89. The summed E-state index contributed by atoms with van der Waals surface area (Å²) in [5.41, 5.74) is 7.61. The van der Waals surface area contributed by atoms with Crippen LogP contribution in [0.5, 0.6) is 0 Å². The van der Waals surface area contributed by atoms with Crippen molar-refractivity contribution in [2.24, 2.45) is 5.73 Å². The van der Waals surface area contributed by atoms with Gasteiger partial charge in [0.05, 0.1) is 16.6 Å². The molecule has 0 unspecified atom stereocenters. The van der Waals surface area contributed by atoms with Crippen LogP contribution < -0.4 is 11.1 Å². The van der Waals surface area contributed by atoms with Crippen LogP contribution in [0, 0.1) is 6.92 Å². The third-order valence-electron chi connectivity index (χ3n) is 4.50. The molecule has 1 aromatic carbocycles. The Morgan fingerprint density at radius 2 is 2.10 bits per heavy atom. The summed E-state index contributed by atoms with van der Waals surface area (Å²) in [6.45, 7) is 2.75. The van der Waals surface area contributed by atoms with Gasteiger partial charge in [0.25, 0.3) is 0 Å². The quantitative estimate of drug-likeness (QED) is 0.899. The molecule has 0 bridgehead atoms. The first-order valence-corrected chi connectivity index (χ1v) is 7.56. The maximum Gasteiger partial charge on any atom is 0.240 e. The van der Waals surface area contributed by atoms with Crippen molar-refractivity contribution < 1.29 is 4.79 Å². The van der Waals surface area contributed by atoms with E-state index in [1.807, 2.05) is 35.8 Å². The Bertz CT molecular complexity index is 655. The number of amides is 1. The van der Waals surface area contributed by atoms with E-state index in [1.54, 1.807) is 0 Å². The van der Waals surface area contributed by atoms with E-state index < -0.39 is 0 Å². The molecule has 112 valence electrons. The number of hydrogen-bond acceptors (Lipinski definition) is 3. The zero-order chi connectivity index (χ0) is 14.9. The van der Waals surface area contributed by atoms with Gasteiger partial charge in [-0.1, -0.05) is 25.0 Å². The van der Waals surface area contributed by atoms with E-state index >= 15 is 0 Å². The number of benzene rings is 1. The molecule has 3 rings (SSSR count). The normalized spacial score (nSPS) is 17.2. The molecule has 0 spiro atoms. The number of para-hydroxylation sites is 2. The molecule has 21 heavy (non-hydrogen) atoms. The molecule has 3 N–H and O–H groups in total. The number of nitrogens with one attached hydrogen (secondary N) is 1. The Morgan fingerprint density at radius 1 is 1.38 bits per heavy atom. The van der Waals surface area contributed by atoms with Gasteiger partial charge in [0.15, 0.2) is 0 Å². The van der Waals surface area contributed by atoms with E-state index in [9.17, 15) is 4.79 Å². The van der Waals surface area contributed by atoms with Crippen molar-refractivity contribution in [2.45, 2.75) is 44.7 Å². The number of fused-ring (bicyclic) bond motifs is 1. The molecule has 2 aromatic rings. The van der Waals surface area contributed by atoms with E-state index in [0.29, 0.717) is 13.1 Å². The first-order chi connectivity index (χ1) is 10.1. The van der Waals surface area contributed by atoms with Crippen molar-refractivity contribution in [2.75, 3.05) is 6.54 Å². The molecule has 1 aliphatic carbocycles. The molecule has 0 saturated heterocycles. The summed E-state index contributed by atoms with van der Waals surface area (Å²) in [4.78, 5) is 16.9. The number of carbonyl (C=O) groups is 1. The number of imidazole rings is 1. The summed E-state index contributed by atoms with van der Waals surface area (Å²) in [5, 5.41) is 3.16. The molecular formula is C16H22N4O. The van der Waals surface area contributed by atoms with Crippen LogP contribution in [0.2, 0.25) is 0 Å². The van der Waals surface area contributed by atoms with Crippen LogP contribution in [0.25, 0.3) is 11.0 Å². The average Bonchev–Trinajstić information content (AvgIpc) is 3.05. The maximum absolute atomic E-state index is 12.4. The highest BCUT2D eigenvalue weighted by molar-refractivity contribution is 5.81. The molecule has 1 saturated carbocycles. The average molecular weight is 286 g/mol. The van der Waals surface area contributed by atoms with Crippen LogP contribution in [0.15, 0.2) is 24.3 Å². The molecular weight excluding hydrogens is 264 g/mol. The van der Waals surface area contributed by atoms with Gasteiger partial charge in [-0.3, -0.25) is 4.79 Å². The zero-order valence-corrected chi connectivity index (χ0v) is 12.4. The number of nitrogens with two attached hydrogens (primary N) is 1. The van der Waals surface area contributed by atoms with E-state index in [0.717, 1.165) is 42.5 Å². The fourth-order valence-corrected chi connectivity index (χ4v) is 3.31. The second kappa shape index (κ2) is 5.48. The fourth-order valence-electron chi connectivity index (χ4n) is 3.31. The van der Waals surface area contributed by atoms with E-state index in [1.165, 1.54) is 0 Å². The van der Waals surface area contributed by atoms with Crippen LogP contribution in [-0.4, -0.2) is 27.5 Å². The summed E-state index contributed by atoms with van der Waals surface area (Å²) in [7, 11) is 0. The second-order valence-electron chi connectivity index (χ2n) is 5.97. The van der Waals surface area contributed by atoms with Crippen LogP contribution in [-0.2, 0) is 11.3 Å². The van der Waals surface area contributed by atoms with Crippen LogP contribution in [0.3, 0.4) is 0 Å². The minimum atomic E-state index is -0.193. The molecule has 1 aliphatic rings. The Hall–Kier alpha value is -1.88. The van der Waals surface area contributed by atoms with Crippen molar-refractivity contribution in [1.29, 1.82) is 0 Å². The fraction of sp³-hybridized carbons (Fsp3) is 0.500. The van der Waals surface area contributed by atoms with Crippen LogP contribution in [0.1, 0.15) is 31.5 Å². The predicted molar refractivity (Wildman–Crippen MR) is 82.9 cm³/mol. The number of aromatic nitrogens is 2. The minimum absolute atomic E-state index is 0.0219. The van der Waals surface area contributed by atoms with Gasteiger partial charge in [-0.05, 0) is 31.9 Å². The number of carbonyl (C=O) groups excluding carboxylic acids is 1. The molecule has 0 radical (unpaired) electrons. The van der Waals surface area contributed by atoms with Crippen LogP contribution >= 0.6 is 0 Å². The third kappa shape index (κ3) is 2.65. The number of nitrogens with zero attached hydrogens (tertiary/aromatic N) is 2.